The molecule has 0 aliphatic carbocycles. The van der Waals surface area contributed by atoms with Gasteiger partial charge in [-0.1, -0.05) is 48.5 Å². The molecule has 4 fully saturated rings. The van der Waals surface area contributed by atoms with Gasteiger partial charge in [-0.3, -0.25) is 4.79 Å². The Morgan fingerprint density at radius 1 is 0.900 bits per heavy atom. The van der Waals surface area contributed by atoms with Gasteiger partial charge in [0.25, 0.3) is 0 Å². The van der Waals surface area contributed by atoms with E-state index in [0.717, 1.165) is 19.3 Å². The molecule has 4 saturated heterocycles. The summed E-state index contributed by atoms with van der Waals surface area (Å²) in [4.78, 5) is 12.0. The molecule has 0 spiro atoms. The third kappa shape index (κ3) is 6.20. The van der Waals surface area contributed by atoms with Gasteiger partial charge in [-0.2, -0.15) is 0 Å². The summed E-state index contributed by atoms with van der Waals surface area (Å²) in [5.41, 5.74) is 0. The third-order valence-electron chi connectivity index (χ3n) is 10.1. The fourth-order valence-corrected chi connectivity index (χ4v) is 7.59. The van der Waals surface area contributed by atoms with Crippen LogP contribution < -0.4 is 0 Å². The van der Waals surface area contributed by atoms with Crippen molar-refractivity contribution in [2.45, 2.75) is 172 Å². The minimum absolute atomic E-state index is 0.00734. The summed E-state index contributed by atoms with van der Waals surface area (Å²) in [6.45, 7) is 20.1. The molecular formula is C30H54O9Si. The second-order valence-electron chi connectivity index (χ2n) is 13.4. The van der Waals surface area contributed by atoms with Gasteiger partial charge in [0.05, 0.1) is 32.3 Å². The van der Waals surface area contributed by atoms with E-state index in [9.17, 15) is 4.79 Å². The van der Waals surface area contributed by atoms with Crippen molar-refractivity contribution in [1.82, 2.24) is 0 Å². The smallest absolute Gasteiger partial charge is 0.308 e. The molecule has 40 heavy (non-hydrogen) atoms. The molecule has 0 saturated carbocycles. The molecule has 10 heteroatoms. The van der Waals surface area contributed by atoms with Crippen LogP contribution in [0.4, 0.5) is 0 Å². The first-order chi connectivity index (χ1) is 18.8. The summed E-state index contributed by atoms with van der Waals surface area (Å²) in [6.07, 6.45) is 1.97. The molecule has 232 valence electrons. The van der Waals surface area contributed by atoms with Crippen LogP contribution in [0.2, 0.25) is 18.1 Å². The molecule has 0 bridgehead atoms. The molecule has 0 aromatic carbocycles. The van der Waals surface area contributed by atoms with Crippen molar-refractivity contribution < 1.29 is 42.4 Å². The highest BCUT2D eigenvalue weighted by molar-refractivity contribution is 6.74. The summed E-state index contributed by atoms with van der Waals surface area (Å²) in [6, 6.07) is 0. The number of fused-ring (bicyclic) bond motifs is 3. The molecule has 0 unspecified atom stereocenters. The highest BCUT2D eigenvalue weighted by atomic mass is 28.4. The summed E-state index contributed by atoms with van der Waals surface area (Å²) in [5, 5.41) is -0.00734. The SMILES string of the molecule is CCC1(CC)O[C@H]2[C@@H](O1)[C@H]1O[C@@H](CC(=O)OC)CC[C@@H]1O[C@H]2[C@@H](O[Si](C)(C)C(C)(C)C)[C@H]1COC(CC)(CC)O1. The zero-order valence-electron chi connectivity index (χ0n) is 26.4. The number of hydrogen-bond donors (Lipinski definition) is 0. The first kappa shape index (κ1) is 32.3. The number of ether oxygens (including phenoxy) is 7. The monoisotopic (exact) mass is 586 g/mol. The van der Waals surface area contributed by atoms with Gasteiger partial charge in [0, 0.05) is 0 Å². The Hall–Kier alpha value is -0.593. The topological polar surface area (TPSA) is 90.9 Å². The highest BCUT2D eigenvalue weighted by Gasteiger charge is 2.62. The summed E-state index contributed by atoms with van der Waals surface area (Å²) in [5.74, 6) is -1.61. The molecule has 4 rings (SSSR count). The van der Waals surface area contributed by atoms with Crippen LogP contribution in [0, 0.1) is 0 Å². The predicted molar refractivity (Wildman–Crippen MR) is 152 cm³/mol. The molecule has 0 amide bonds. The Labute approximate surface area is 242 Å². The number of rotatable bonds is 10. The van der Waals surface area contributed by atoms with E-state index in [4.69, 9.17) is 37.6 Å². The number of esters is 1. The van der Waals surface area contributed by atoms with Gasteiger partial charge < -0.3 is 37.6 Å². The van der Waals surface area contributed by atoms with Crippen molar-refractivity contribution in [3.05, 3.63) is 0 Å². The van der Waals surface area contributed by atoms with E-state index in [2.05, 4.69) is 61.6 Å². The van der Waals surface area contributed by atoms with Crippen LogP contribution in [-0.2, 0) is 42.4 Å². The van der Waals surface area contributed by atoms with Crippen LogP contribution in [0.5, 0.6) is 0 Å². The predicted octanol–water partition coefficient (Wildman–Crippen LogP) is 5.49. The van der Waals surface area contributed by atoms with Crippen LogP contribution in [0.3, 0.4) is 0 Å². The van der Waals surface area contributed by atoms with E-state index >= 15 is 0 Å². The minimum atomic E-state index is -2.25. The number of carbonyl (C=O) groups is 1. The molecule has 0 aromatic heterocycles. The maximum absolute atomic E-state index is 12.0. The molecule has 4 aliphatic heterocycles. The molecule has 8 atom stereocenters. The van der Waals surface area contributed by atoms with Gasteiger partial charge in [-0.25, -0.2) is 0 Å². The van der Waals surface area contributed by atoms with Gasteiger partial charge >= 0.3 is 5.97 Å². The number of hydrogen-bond acceptors (Lipinski definition) is 9. The van der Waals surface area contributed by atoms with Crippen molar-refractivity contribution >= 4 is 14.3 Å². The van der Waals surface area contributed by atoms with Crippen molar-refractivity contribution in [3.8, 4) is 0 Å². The lowest BCUT2D eigenvalue weighted by atomic mass is 9.86. The Morgan fingerprint density at radius 3 is 2.08 bits per heavy atom. The Morgan fingerprint density at radius 2 is 1.52 bits per heavy atom. The van der Waals surface area contributed by atoms with E-state index in [1.54, 1.807) is 0 Å². The maximum atomic E-state index is 12.0. The van der Waals surface area contributed by atoms with Gasteiger partial charge in [0.1, 0.15) is 36.6 Å². The second kappa shape index (κ2) is 12.2. The second-order valence-corrected chi connectivity index (χ2v) is 18.2. The summed E-state index contributed by atoms with van der Waals surface area (Å²) < 4.78 is 52.2. The van der Waals surface area contributed by atoms with E-state index in [1.807, 2.05) is 0 Å². The largest absolute Gasteiger partial charge is 0.469 e. The normalized spacial score (nSPS) is 36.1. The number of carbonyl (C=O) groups excluding carboxylic acids is 1. The van der Waals surface area contributed by atoms with Crippen molar-refractivity contribution in [3.63, 3.8) is 0 Å². The van der Waals surface area contributed by atoms with E-state index in [-0.39, 0.29) is 47.9 Å². The molecule has 0 N–H and O–H groups in total. The minimum Gasteiger partial charge on any atom is -0.469 e. The first-order valence-corrected chi connectivity index (χ1v) is 18.4. The molecule has 0 aromatic rings. The molecular weight excluding hydrogens is 532 g/mol. The van der Waals surface area contributed by atoms with Gasteiger partial charge in [-0.05, 0) is 56.7 Å². The Bertz CT molecular complexity index is 866. The zero-order valence-corrected chi connectivity index (χ0v) is 27.4. The Balaban J connectivity index is 1.69. The van der Waals surface area contributed by atoms with E-state index in [1.165, 1.54) is 7.11 Å². The lowest BCUT2D eigenvalue weighted by Crippen LogP contribution is -2.65. The molecule has 0 radical (unpaired) electrons. The highest BCUT2D eigenvalue weighted by Crippen LogP contribution is 2.48. The average molecular weight is 587 g/mol. The van der Waals surface area contributed by atoms with Crippen molar-refractivity contribution in [1.29, 1.82) is 0 Å². The fourth-order valence-electron chi connectivity index (χ4n) is 6.27. The fraction of sp³-hybridized carbons (Fsp3) is 0.967. The molecule has 4 heterocycles. The molecule has 9 nitrogen and oxygen atoms in total. The van der Waals surface area contributed by atoms with E-state index < -0.39 is 38.2 Å². The van der Waals surface area contributed by atoms with Crippen molar-refractivity contribution in [2.24, 2.45) is 0 Å². The van der Waals surface area contributed by atoms with Crippen LogP contribution in [0.1, 0.15) is 93.4 Å². The van der Waals surface area contributed by atoms with Gasteiger partial charge in [0.2, 0.25) is 0 Å². The third-order valence-corrected chi connectivity index (χ3v) is 14.5. The van der Waals surface area contributed by atoms with Crippen molar-refractivity contribution in [2.75, 3.05) is 13.7 Å². The summed E-state index contributed by atoms with van der Waals surface area (Å²) >= 11 is 0. The van der Waals surface area contributed by atoms with Crippen LogP contribution in [-0.4, -0.2) is 88.4 Å². The summed E-state index contributed by atoms with van der Waals surface area (Å²) in [7, 11) is -0.845. The molecule has 4 aliphatic rings. The zero-order chi connectivity index (χ0) is 29.5. The average Bonchev–Trinajstić information content (AvgIpc) is 3.54. The van der Waals surface area contributed by atoms with Crippen LogP contribution in [0.25, 0.3) is 0 Å². The van der Waals surface area contributed by atoms with Crippen LogP contribution in [0.15, 0.2) is 0 Å². The van der Waals surface area contributed by atoms with Gasteiger partial charge in [0.15, 0.2) is 19.9 Å². The standard InChI is InChI=1S/C30H54O9Si/c1-11-29(12-2)33-18-21(36-29)24(39-40(9,10)28(5,6)7)25-27-26(37-30(13-3,14-4)38-27)23-20(35-25)16-15-19(34-23)17-22(31)32-8/h19-21,23-27H,11-18H2,1-10H3/t19-,20+,21-,23+,24+,25+,26+,27-/m1/s1. The lowest BCUT2D eigenvalue weighted by Gasteiger charge is -2.50. The van der Waals surface area contributed by atoms with E-state index in [0.29, 0.717) is 25.9 Å². The quantitative estimate of drug-likeness (QED) is 0.244. The van der Waals surface area contributed by atoms with Gasteiger partial charge in [-0.15, -0.1) is 0 Å². The maximum Gasteiger partial charge on any atom is 0.308 e. The first-order valence-electron chi connectivity index (χ1n) is 15.5. The van der Waals surface area contributed by atoms with Crippen LogP contribution >= 0.6 is 0 Å². The Kier molecular flexibility index (Phi) is 9.85. The number of methoxy groups -OCH3 is 1. The lowest BCUT2D eigenvalue weighted by molar-refractivity contribution is -0.263.